The average molecular weight is 299 g/mol. The van der Waals surface area contributed by atoms with E-state index in [4.69, 9.17) is 5.73 Å². The maximum atomic E-state index is 12.6. The highest BCUT2D eigenvalue weighted by Gasteiger charge is 2.23. The second kappa shape index (κ2) is 8.34. The molecule has 0 bridgehead atoms. The third-order valence-corrected chi connectivity index (χ3v) is 5.05. The summed E-state index contributed by atoms with van der Waals surface area (Å²) in [4.78, 5) is 4.33. The molecule has 0 unspecified atom stereocenters. The topological polar surface area (TPSA) is 76.3 Å². The maximum Gasteiger partial charge on any atom is 0.244 e. The first-order chi connectivity index (χ1) is 9.56. The number of nitrogens with two attached hydrogens (primary N) is 1. The monoisotopic (exact) mass is 299 g/mol. The summed E-state index contributed by atoms with van der Waals surface area (Å²) < 4.78 is 26.8. The SMILES string of the molecule is CCCCN(CCCC)S(=O)(=O)c1ccc(CN)nc1. The van der Waals surface area contributed by atoms with Crippen LogP contribution in [0.25, 0.3) is 0 Å². The summed E-state index contributed by atoms with van der Waals surface area (Å²) >= 11 is 0. The van der Waals surface area contributed by atoms with Crippen molar-refractivity contribution in [3.05, 3.63) is 24.0 Å². The molecule has 0 aliphatic carbocycles. The fraction of sp³-hybridized carbons (Fsp3) is 0.643. The quantitative estimate of drug-likeness (QED) is 0.758. The number of aromatic nitrogens is 1. The van der Waals surface area contributed by atoms with Gasteiger partial charge >= 0.3 is 0 Å². The van der Waals surface area contributed by atoms with Crippen molar-refractivity contribution in [2.75, 3.05) is 13.1 Å². The van der Waals surface area contributed by atoms with E-state index in [-0.39, 0.29) is 4.90 Å². The van der Waals surface area contributed by atoms with E-state index >= 15 is 0 Å². The van der Waals surface area contributed by atoms with Crippen molar-refractivity contribution in [1.29, 1.82) is 0 Å². The van der Waals surface area contributed by atoms with Gasteiger partial charge < -0.3 is 5.73 Å². The molecule has 0 aliphatic heterocycles. The van der Waals surface area contributed by atoms with Gasteiger partial charge in [0.15, 0.2) is 0 Å². The zero-order valence-electron chi connectivity index (χ0n) is 12.4. The van der Waals surface area contributed by atoms with Crippen molar-refractivity contribution < 1.29 is 8.42 Å². The smallest absolute Gasteiger partial charge is 0.244 e. The van der Waals surface area contributed by atoms with Gasteiger partial charge in [0.2, 0.25) is 10.0 Å². The van der Waals surface area contributed by atoms with E-state index in [9.17, 15) is 8.42 Å². The second-order valence-corrected chi connectivity index (χ2v) is 6.74. The molecule has 1 heterocycles. The van der Waals surface area contributed by atoms with Gasteiger partial charge in [-0.2, -0.15) is 4.31 Å². The summed E-state index contributed by atoms with van der Waals surface area (Å²) in [6.07, 6.45) is 5.10. The molecule has 1 aromatic heterocycles. The van der Waals surface area contributed by atoms with Crippen LogP contribution < -0.4 is 5.73 Å². The predicted octanol–water partition coefficient (Wildman–Crippen LogP) is 2.13. The fourth-order valence-corrected chi connectivity index (χ4v) is 3.32. The Bertz CT molecular complexity index is 478. The van der Waals surface area contributed by atoms with E-state index < -0.39 is 10.0 Å². The van der Waals surface area contributed by atoms with Crippen LogP contribution in [-0.4, -0.2) is 30.8 Å². The first-order valence-corrected chi connectivity index (χ1v) is 8.65. The van der Waals surface area contributed by atoms with E-state index in [2.05, 4.69) is 18.8 Å². The lowest BCUT2D eigenvalue weighted by Crippen LogP contribution is -2.33. The van der Waals surface area contributed by atoms with Crippen LogP contribution in [0, 0.1) is 0 Å². The van der Waals surface area contributed by atoms with Crippen LogP contribution in [0.2, 0.25) is 0 Å². The molecule has 2 N–H and O–H groups in total. The summed E-state index contributed by atoms with van der Waals surface area (Å²) in [5.74, 6) is 0. The fourth-order valence-electron chi connectivity index (χ4n) is 1.85. The molecule has 20 heavy (non-hydrogen) atoms. The Hall–Kier alpha value is -0.980. The molecule has 0 aliphatic rings. The lowest BCUT2D eigenvalue weighted by Gasteiger charge is -2.21. The molecule has 0 aromatic carbocycles. The molecule has 0 saturated carbocycles. The third-order valence-electron chi connectivity index (χ3n) is 3.17. The summed E-state index contributed by atoms with van der Waals surface area (Å²) in [6, 6.07) is 3.26. The van der Waals surface area contributed by atoms with E-state index in [0.29, 0.717) is 25.3 Å². The molecular weight excluding hydrogens is 274 g/mol. The standard InChI is InChI=1S/C14H25N3O2S/c1-3-5-9-17(10-6-4-2)20(18,19)14-8-7-13(11-15)16-12-14/h7-8,12H,3-6,9-11,15H2,1-2H3. The summed E-state index contributed by atoms with van der Waals surface area (Å²) in [7, 11) is -3.44. The number of nitrogens with zero attached hydrogens (tertiary/aromatic N) is 2. The summed E-state index contributed by atoms with van der Waals surface area (Å²) in [5, 5.41) is 0. The molecule has 0 spiro atoms. The van der Waals surface area contributed by atoms with Crippen LogP contribution in [0.1, 0.15) is 45.2 Å². The molecule has 1 rings (SSSR count). The molecule has 5 nitrogen and oxygen atoms in total. The molecule has 114 valence electrons. The maximum absolute atomic E-state index is 12.6. The van der Waals surface area contributed by atoms with Crippen molar-refractivity contribution >= 4 is 10.0 Å². The Morgan fingerprint density at radius 1 is 1.15 bits per heavy atom. The van der Waals surface area contributed by atoms with Crippen molar-refractivity contribution in [3.8, 4) is 0 Å². The van der Waals surface area contributed by atoms with Gasteiger partial charge in [-0.05, 0) is 25.0 Å². The number of hydrogen-bond donors (Lipinski definition) is 1. The van der Waals surface area contributed by atoms with Gasteiger partial charge in [0.25, 0.3) is 0 Å². The number of hydrogen-bond acceptors (Lipinski definition) is 4. The van der Waals surface area contributed by atoms with Crippen LogP contribution in [0.5, 0.6) is 0 Å². The zero-order valence-corrected chi connectivity index (χ0v) is 13.2. The number of pyridine rings is 1. The van der Waals surface area contributed by atoms with Crippen molar-refractivity contribution in [2.45, 2.75) is 51.0 Å². The van der Waals surface area contributed by atoms with Gasteiger partial charge in [-0.15, -0.1) is 0 Å². The van der Waals surface area contributed by atoms with Crippen LogP contribution in [0.4, 0.5) is 0 Å². The number of sulfonamides is 1. The van der Waals surface area contributed by atoms with Gasteiger partial charge in [-0.25, -0.2) is 8.42 Å². The highest BCUT2D eigenvalue weighted by molar-refractivity contribution is 7.89. The number of rotatable bonds is 9. The minimum absolute atomic E-state index is 0.252. The molecule has 1 aromatic rings. The molecular formula is C14H25N3O2S. The zero-order chi connectivity index (χ0) is 15.0. The highest BCUT2D eigenvalue weighted by atomic mass is 32.2. The van der Waals surface area contributed by atoms with E-state index in [1.165, 1.54) is 6.20 Å². The van der Waals surface area contributed by atoms with Gasteiger partial charge in [-0.1, -0.05) is 26.7 Å². The lowest BCUT2D eigenvalue weighted by molar-refractivity contribution is 0.395. The van der Waals surface area contributed by atoms with Crippen LogP contribution in [0.15, 0.2) is 23.2 Å². The van der Waals surface area contributed by atoms with Crippen LogP contribution in [0.3, 0.4) is 0 Å². The molecule has 0 amide bonds. The van der Waals surface area contributed by atoms with E-state index in [1.807, 2.05) is 0 Å². The van der Waals surface area contributed by atoms with Crippen molar-refractivity contribution in [1.82, 2.24) is 9.29 Å². The molecule has 0 fully saturated rings. The van der Waals surface area contributed by atoms with E-state index in [1.54, 1.807) is 16.4 Å². The Balaban J connectivity index is 2.94. The Morgan fingerprint density at radius 2 is 1.75 bits per heavy atom. The van der Waals surface area contributed by atoms with E-state index in [0.717, 1.165) is 25.7 Å². The largest absolute Gasteiger partial charge is 0.325 e. The summed E-state index contributed by atoms with van der Waals surface area (Å²) in [6.45, 7) is 5.56. The van der Waals surface area contributed by atoms with Crippen molar-refractivity contribution in [3.63, 3.8) is 0 Å². The Labute approximate surface area is 122 Å². The minimum atomic E-state index is -3.44. The van der Waals surface area contributed by atoms with Gasteiger partial charge in [0, 0.05) is 25.8 Å². The second-order valence-electron chi connectivity index (χ2n) is 4.80. The molecule has 0 atom stereocenters. The van der Waals surface area contributed by atoms with Crippen LogP contribution in [-0.2, 0) is 16.6 Å². The minimum Gasteiger partial charge on any atom is -0.325 e. The predicted molar refractivity (Wildman–Crippen MR) is 80.7 cm³/mol. The highest BCUT2D eigenvalue weighted by Crippen LogP contribution is 2.16. The van der Waals surface area contributed by atoms with Gasteiger partial charge in [-0.3, -0.25) is 4.98 Å². The Morgan fingerprint density at radius 3 is 2.15 bits per heavy atom. The molecule has 6 heteroatoms. The first-order valence-electron chi connectivity index (χ1n) is 7.21. The van der Waals surface area contributed by atoms with Gasteiger partial charge in [0.1, 0.15) is 4.90 Å². The summed E-state index contributed by atoms with van der Waals surface area (Å²) in [5.41, 5.74) is 6.17. The number of unbranched alkanes of at least 4 members (excludes halogenated alkanes) is 2. The third kappa shape index (κ3) is 4.54. The molecule has 0 radical (unpaired) electrons. The molecule has 0 saturated heterocycles. The van der Waals surface area contributed by atoms with Crippen LogP contribution >= 0.6 is 0 Å². The Kier molecular flexibility index (Phi) is 7.12. The average Bonchev–Trinajstić information content (AvgIpc) is 2.47. The van der Waals surface area contributed by atoms with Gasteiger partial charge in [0.05, 0.1) is 5.69 Å². The lowest BCUT2D eigenvalue weighted by atomic mass is 10.3. The normalized spacial score (nSPS) is 12.0. The van der Waals surface area contributed by atoms with Crippen molar-refractivity contribution in [2.24, 2.45) is 5.73 Å². The first kappa shape index (κ1) is 17.1.